The number of nitrogens with zero attached hydrogens (tertiary/aromatic N) is 2. The van der Waals surface area contributed by atoms with E-state index in [1.54, 1.807) is 31.5 Å². The lowest BCUT2D eigenvalue weighted by atomic mass is 9.95. The van der Waals surface area contributed by atoms with E-state index in [1.807, 2.05) is 30.4 Å². The number of hydrogen-bond donors (Lipinski definition) is 4. The minimum Gasteiger partial charge on any atom is -0.373 e. The number of aromatic nitrogens is 1. The second kappa shape index (κ2) is 13.3. The van der Waals surface area contributed by atoms with Crippen molar-refractivity contribution >= 4 is 23.2 Å². The van der Waals surface area contributed by atoms with Gasteiger partial charge < -0.3 is 26.2 Å². The highest BCUT2D eigenvalue weighted by Gasteiger charge is 2.36. The van der Waals surface area contributed by atoms with Crippen molar-refractivity contribution in [3.8, 4) is 11.3 Å². The Kier molecular flexibility index (Phi) is 9.34. The molecule has 44 heavy (non-hydrogen) atoms. The van der Waals surface area contributed by atoms with E-state index >= 15 is 0 Å². The molecule has 0 aliphatic carbocycles. The quantitative estimate of drug-likeness (QED) is 0.266. The van der Waals surface area contributed by atoms with Crippen LogP contribution in [-0.4, -0.2) is 49.0 Å². The smallest absolute Gasteiger partial charge is 0.373 e. The number of carbonyl (C=O) groups is 2. The van der Waals surface area contributed by atoms with E-state index in [4.69, 9.17) is 0 Å². The number of amides is 2. The number of carbonyl (C=O) groups excluding carboxylic acids is 2. The number of piperidine rings is 1. The second-order valence-corrected chi connectivity index (χ2v) is 10.9. The Morgan fingerprint density at radius 1 is 1.02 bits per heavy atom. The number of halogens is 3. The van der Waals surface area contributed by atoms with Crippen LogP contribution in [0, 0.1) is 0 Å². The summed E-state index contributed by atoms with van der Waals surface area (Å²) in [4.78, 5) is 33.6. The van der Waals surface area contributed by atoms with E-state index in [1.165, 1.54) is 24.8 Å². The van der Waals surface area contributed by atoms with E-state index in [-0.39, 0.29) is 18.0 Å². The van der Waals surface area contributed by atoms with Gasteiger partial charge in [0.2, 0.25) is 0 Å². The number of rotatable bonds is 9. The normalized spacial score (nSPS) is 18.0. The summed E-state index contributed by atoms with van der Waals surface area (Å²) in [5.41, 5.74) is 1.47. The molecule has 11 heteroatoms. The van der Waals surface area contributed by atoms with Crippen LogP contribution >= 0.6 is 0 Å². The molecule has 0 radical (unpaired) electrons. The predicted octanol–water partition coefficient (Wildman–Crippen LogP) is 5.26. The van der Waals surface area contributed by atoms with Crippen molar-refractivity contribution in [1.29, 1.82) is 0 Å². The number of likely N-dealkylation sites (N-methyl/N-ethyl adjacent to an activating group) is 1. The van der Waals surface area contributed by atoms with Crippen molar-refractivity contribution < 1.29 is 22.8 Å². The molecule has 0 bridgehead atoms. The van der Waals surface area contributed by atoms with E-state index in [0.29, 0.717) is 29.1 Å². The molecule has 1 unspecified atom stereocenters. The lowest BCUT2D eigenvalue weighted by Crippen LogP contribution is -2.57. The molecule has 8 nitrogen and oxygen atoms in total. The van der Waals surface area contributed by atoms with Gasteiger partial charge in [0.25, 0.3) is 11.8 Å². The fourth-order valence-corrected chi connectivity index (χ4v) is 5.43. The molecule has 0 saturated carbocycles. The number of benzene rings is 2. The van der Waals surface area contributed by atoms with Gasteiger partial charge in [0.15, 0.2) is 0 Å². The number of dihydropyridines is 1. The maximum Gasteiger partial charge on any atom is 0.416 e. The van der Waals surface area contributed by atoms with Crippen molar-refractivity contribution in [3.63, 3.8) is 0 Å². The zero-order chi connectivity index (χ0) is 31.2. The van der Waals surface area contributed by atoms with E-state index in [0.717, 1.165) is 43.8 Å². The van der Waals surface area contributed by atoms with Gasteiger partial charge in [-0.25, -0.2) is 0 Å². The van der Waals surface area contributed by atoms with E-state index in [2.05, 4.69) is 31.2 Å². The highest BCUT2D eigenvalue weighted by atomic mass is 19.4. The minimum absolute atomic E-state index is 0.0747. The molecule has 1 atom stereocenters. The highest BCUT2D eigenvalue weighted by Crippen LogP contribution is 2.34. The Balaban J connectivity index is 1.42. The molecular formula is C33H35F3N6O2. The average molecular weight is 605 g/mol. The van der Waals surface area contributed by atoms with Crippen molar-refractivity contribution in [2.45, 2.75) is 37.5 Å². The Morgan fingerprint density at radius 3 is 2.57 bits per heavy atom. The molecule has 5 rings (SSSR count). The molecule has 2 aromatic carbocycles. The first-order valence-corrected chi connectivity index (χ1v) is 14.6. The van der Waals surface area contributed by atoms with E-state index in [9.17, 15) is 22.8 Å². The number of nitrogens with one attached hydrogen (secondary N) is 4. The monoisotopic (exact) mass is 604 g/mol. The Hall–Kier alpha value is -4.64. The van der Waals surface area contributed by atoms with Crippen molar-refractivity contribution in [1.82, 2.24) is 20.9 Å². The molecule has 1 fully saturated rings. The molecule has 3 aromatic rings. The molecule has 2 amide bonds. The van der Waals surface area contributed by atoms with Crippen LogP contribution in [0.4, 0.5) is 24.5 Å². The topological polar surface area (TPSA) is 98.4 Å². The molecule has 4 N–H and O–H groups in total. The van der Waals surface area contributed by atoms with Crippen molar-refractivity contribution in [2.75, 3.05) is 36.9 Å². The number of hydrogen-bond acceptors (Lipinski definition) is 6. The first kappa shape index (κ1) is 30.8. The average Bonchev–Trinajstić information content (AvgIpc) is 3.04. The molecular weight excluding hydrogens is 569 g/mol. The van der Waals surface area contributed by atoms with E-state index < -0.39 is 23.2 Å². The van der Waals surface area contributed by atoms with Gasteiger partial charge in [0, 0.05) is 49.2 Å². The summed E-state index contributed by atoms with van der Waals surface area (Å²) in [5, 5.41) is 12.0. The largest absolute Gasteiger partial charge is 0.416 e. The van der Waals surface area contributed by atoms with Gasteiger partial charge in [0.1, 0.15) is 5.54 Å². The van der Waals surface area contributed by atoms with Gasteiger partial charge in [-0.2, -0.15) is 13.2 Å². The van der Waals surface area contributed by atoms with Crippen LogP contribution in [0.15, 0.2) is 85.2 Å². The summed E-state index contributed by atoms with van der Waals surface area (Å²) >= 11 is 0. The van der Waals surface area contributed by atoms with Crippen LogP contribution in [0.3, 0.4) is 0 Å². The Labute approximate surface area is 254 Å². The molecule has 2 aliphatic rings. The maximum atomic E-state index is 13.7. The summed E-state index contributed by atoms with van der Waals surface area (Å²) in [7, 11) is 1.77. The van der Waals surface area contributed by atoms with Crippen molar-refractivity contribution in [3.05, 3.63) is 102 Å². The van der Waals surface area contributed by atoms with Gasteiger partial charge in [-0.05, 0) is 92.7 Å². The maximum absolute atomic E-state index is 13.7. The molecule has 2 aliphatic heterocycles. The third kappa shape index (κ3) is 7.11. The molecule has 3 heterocycles. The summed E-state index contributed by atoms with van der Waals surface area (Å²) in [5.74, 6) is -0.727. The van der Waals surface area contributed by atoms with Crippen LogP contribution in [-0.2, 0) is 17.5 Å². The second-order valence-electron chi connectivity index (χ2n) is 10.9. The fraction of sp³-hybridized carbons (Fsp3) is 0.303. The molecule has 1 saturated heterocycles. The predicted molar refractivity (Wildman–Crippen MR) is 165 cm³/mol. The van der Waals surface area contributed by atoms with Crippen LogP contribution in [0.1, 0.15) is 40.7 Å². The first-order valence-electron chi connectivity index (χ1n) is 14.6. The van der Waals surface area contributed by atoms with Crippen LogP contribution in [0.2, 0.25) is 0 Å². The van der Waals surface area contributed by atoms with Gasteiger partial charge in [-0.15, -0.1) is 0 Å². The third-order valence-corrected chi connectivity index (χ3v) is 7.77. The van der Waals surface area contributed by atoms with Gasteiger partial charge in [-0.1, -0.05) is 18.2 Å². The SMILES string of the molecule is CNCC1(C(=O)Nc2ccc(N3CCCCC3)cc2-c2cc(C(=O)NCc3cccc(C(F)(F)F)c3)ccn2)C=CC=CN1. The summed E-state index contributed by atoms with van der Waals surface area (Å²) in [6, 6.07) is 13.8. The Bertz CT molecular complexity index is 1570. The lowest BCUT2D eigenvalue weighted by Gasteiger charge is -2.32. The zero-order valence-electron chi connectivity index (χ0n) is 24.4. The summed E-state index contributed by atoms with van der Waals surface area (Å²) in [6.07, 6.45) is 7.55. The standard InChI is InChI=1S/C33H35F3N6O2/c1-37-22-32(13-3-4-14-40-32)31(44)41-28-11-10-26(42-16-5-2-6-17-42)20-27(28)29-19-24(12-15-38-29)30(43)39-21-23-8-7-9-25(18-23)33(34,35)36/h3-4,7-15,18-20,37,40H,2,5-6,16-17,21-22H2,1H3,(H,39,43)(H,41,44). The van der Waals surface area contributed by atoms with Crippen LogP contribution < -0.4 is 26.2 Å². The lowest BCUT2D eigenvalue weighted by molar-refractivity contribution is -0.137. The number of pyridine rings is 1. The van der Waals surface area contributed by atoms with Crippen LogP contribution in [0.5, 0.6) is 0 Å². The highest BCUT2D eigenvalue weighted by molar-refractivity contribution is 6.03. The fourth-order valence-electron chi connectivity index (χ4n) is 5.43. The molecule has 1 aromatic heterocycles. The summed E-state index contributed by atoms with van der Waals surface area (Å²) in [6.45, 7) is 2.11. The van der Waals surface area contributed by atoms with Crippen LogP contribution in [0.25, 0.3) is 11.3 Å². The van der Waals surface area contributed by atoms with Crippen molar-refractivity contribution in [2.24, 2.45) is 0 Å². The molecule has 0 spiro atoms. The number of allylic oxidation sites excluding steroid dienone is 2. The first-order chi connectivity index (χ1) is 21.2. The third-order valence-electron chi connectivity index (χ3n) is 7.77. The number of anilines is 2. The molecule has 230 valence electrons. The minimum atomic E-state index is -4.47. The zero-order valence-corrected chi connectivity index (χ0v) is 24.4. The summed E-state index contributed by atoms with van der Waals surface area (Å²) < 4.78 is 39.4. The van der Waals surface area contributed by atoms with Gasteiger partial charge in [-0.3, -0.25) is 14.6 Å². The number of alkyl halides is 3. The van der Waals surface area contributed by atoms with Gasteiger partial charge in [0.05, 0.1) is 16.9 Å². The van der Waals surface area contributed by atoms with Gasteiger partial charge >= 0.3 is 6.18 Å². The Morgan fingerprint density at radius 2 is 1.84 bits per heavy atom.